The van der Waals surface area contributed by atoms with Crippen molar-refractivity contribution in [2.75, 3.05) is 12.4 Å². The molecule has 0 unspecified atom stereocenters. The zero-order chi connectivity index (χ0) is 8.20. The standard InChI is InChI=1S/C3H7NO5S/c5-3(6)1-4-2-10(7,8)9/h4H,1-2H2,(H,5,6)(H,7,8,9). The summed E-state index contributed by atoms with van der Waals surface area (Å²) in [4.78, 5) is 9.75. The molecule has 60 valence electrons. The number of hydrogen-bond donors (Lipinski definition) is 3. The van der Waals surface area contributed by atoms with E-state index in [0.29, 0.717) is 0 Å². The number of rotatable bonds is 4. The molecule has 0 aromatic carbocycles. The molecule has 0 saturated heterocycles. The number of aliphatic carboxylic acids is 1. The summed E-state index contributed by atoms with van der Waals surface area (Å²) >= 11 is 0. The lowest BCUT2D eigenvalue weighted by Crippen LogP contribution is -2.27. The number of carbonyl (C=O) groups is 1. The quantitative estimate of drug-likeness (QED) is 0.443. The summed E-state index contributed by atoms with van der Waals surface area (Å²) in [5, 5.41) is 9.96. The second-order valence-corrected chi connectivity index (χ2v) is 3.00. The minimum absolute atomic E-state index is 0.486. The molecule has 0 atom stereocenters. The van der Waals surface area contributed by atoms with Crippen LogP contribution >= 0.6 is 0 Å². The molecule has 6 nitrogen and oxygen atoms in total. The van der Waals surface area contributed by atoms with E-state index >= 15 is 0 Å². The molecule has 0 aliphatic carbocycles. The van der Waals surface area contributed by atoms with Gasteiger partial charge in [-0.25, -0.2) is 0 Å². The third kappa shape index (κ3) is 7.34. The maximum Gasteiger partial charge on any atom is 0.317 e. The van der Waals surface area contributed by atoms with Gasteiger partial charge in [0.2, 0.25) is 0 Å². The normalized spacial score (nSPS) is 11.3. The summed E-state index contributed by atoms with van der Waals surface area (Å²) in [6, 6.07) is 0. The van der Waals surface area contributed by atoms with Crippen molar-refractivity contribution < 1.29 is 22.9 Å². The van der Waals surface area contributed by atoms with Gasteiger partial charge in [0.15, 0.2) is 0 Å². The Morgan fingerprint density at radius 1 is 1.50 bits per heavy atom. The molecule has 0 aliphatic heterocycles. The van der Waals surface area contributed by atoms with Crippen LogP contribution in [0.1, 0.15) is 0 Å². The molecule has 0 radical (unpaired) electrons. The maximum atomic E-state index is 9.91. The van der Waals surface area contributed by atoms with Gasteiger partial charge in [0.1, 0.15) is 5.88 Å². The predicted molar refractivity (Wildman–Crippen MR) is 32.1 cm³/mol. The first-order valence-corrected chi connectivity index (χ1v) is 3.90. The fourth-order valence-electron chi connectivity index (χ4n) is 0.287. The van der Waals surface area contributed by atoms with Crippen LogP contribution in [0.3, 0.4) is 0 Å². The average Bonchev–Trinajstić information content (AvgIpc) is 1.59. The van der Waals surface area contributed by atoms with Gasteiger partial charge in [-0.2, -0.15) is 8.42 Å². The first-order chi connectivity index (χ1) is 4.42. The molecule has 0 spiro atoms. The van der Waals surface area contributed by atoms with Gasteiger partial charge in [-0.1, -0.05) is 0 Å². The zero-order valence-corrected chi connectivity index (χ0v) is 5.76. The molecule has 0 fully saturated rings. The van der Waals surface area contributed by atoms with Gasteiger partial charge >= 0.3 is 5.97 Å². The van der Waals surface area contributed by atoms with Gasteiger partial charge in [0.05, 0.1) is 6.54 Å². The van der Waals surface area contributed by atoms with Crippen molar-refractivity contribution in [1.29, 1.82) is 0 Å². The molecular formula is C3H7NO5S. The molecule has 0 aliphatic rings. The van der Waals surface area contributed by atoms with Gasteiger partial charge in [0, 0.05) is 0 Å². The molecule has 0 aromatic heterocycles. The summed E-state index contributed by atoms with van der Waals surface area (Å²) in [5.41, 5.74) is 0. The smallest absolute Gasteiger partial charge is 0.317 e. The van der Waals surface area contributed by atoms with E-state index in [9.17, 15) is 13.2 Å². The lowest BCUT2D eigenvalue weighted by atomic mass is 10.7. The van der Waals surface area contributed by atoms with Gasteiger partial charge in [-0.15, -0.1) is 0 Å². The topological polar surface area (TPSA) is 104 Å². The number of carboxylic acid groups (broad SMARTS) is 1. The van der Waals surface area contributed by atoms with Crippen LogP contribution in [0, 0.1) is 0 Å². The van der Waals surface area contributed by atoms with Crippen LogP contribution in [-0.4, -0.2) is 36.5 Å². The summed E-state index contributed by atoms with van der Waals surface area (Å²) in [7, 11) is -4.09. The summed E-state index contributed by atoms with van der Waals surface area (Å²) in [6.45, 7) is -0.486. The van der Waals surface area contributed by atoms with Crippen molar-refractivity contribution in [2.45, 2.75) is 0 Å². The Bertz CT molecular complexity index is 207. The highest BCUT2D eigenvalue weighted by Gasteiger charge is 2.03. The Labute approximate surface area is 57.6 Å². The van der Waals surface area contributed by atoms with E-state index in [0.717, 1.165) is 0 Å². The minimum Gasteiger partial charge on any atom is -0.480 e. The van der Waals surface area contributed by atoms with Crippen molar-refractivity contribution in [3.63, 3.8) is 0 Å². The largest absolute Gasteiger partial charge is 0.480 e. The molecule has 0 bridgehead atoms. The second kappa shape index (κ2) is 3.49. The van der Waals surface area contributed by atoms with E-state index in [1.165, 1.54) is 0 Å². The minimum atomic E-state index is -4.09. The van der Waals surface area contributed by atoms with Crippen LogP contribution in [0.15, 0.2) is 0 Å². The van der Waals surface area contributed by atoms with E-state index in [-0.39, 0.29) is 0 Å². The summed E-state index contributed by atoms with van der Waals surface area (Å²) < 4.78 is 27.9. The van der Waals surface area contributed by atoms with Crippen molar-refractivity contribution in [3.8, 4) is 0 Å². The first-order valence-electron chi connectivity index (χ1n) is 2.29. The third-order valence-electron chi connectivity index (χ3n) is 0.561. The zero-order valence-electron chi connectivity index (χ0n) is 4.94. The Hall–Kier alpha value is -0.660. The molecule has 10 heavy (non-hydrogen) atoms. The average molecular weight is 169 g/mol. The summed E-state index contributed by atoms with van der Waals surface area (Å²) in [6.07, 6.45) is 0. The van der Waals surface area contributed by atoms with Crippen molar-refractivity contribution in [1.82, 2.24) is 5.32 Å². The molecule has 0 amide bonds. The van der Waals surface area contributed by atoms with E-state index in [1.807, 2.05) is 5.32 Å². The Kier molecular flexibility index (Phi) is 3.26. The third-order valence-corrected chi connectivity index (χ3v) is 1.13. The monoisotopic (exact) mass is 169 g/mol. The first kappa shape index (κ1) is 9.34. The van der Waals surface area contributed by atoms with E-state index < -0.39 is 28.5 Å². The SMILES string of the molecule is O=C(O)CNCS(=O)(=O)O. The van der Waals surface area contributed by atoms with E-state index in [4.69, 9.17) is 9.66 Å². The molecular weight excluding hydrogens is 162 g/mol. The molecule has 7 heteroatoms. The Morgan fingerprint density at radius 2 is 2.00 bits per heavy atom. The highest BCUT2D eigenvalue weighted by molar-refractivity contribution is 7.85. The van der Waals surface area contributed by atoms with Gasteiger partial charge in [-0.05, 0) is 0 Å². The van der Waals surface area contributed by atoms with Crippen LogP contribution in [0.2, 0.25) is 0 Å². The highest BCUT2D eigenvalue weighted by Crippen LogP contribution is 1.74. The highest BCUT2D eigenvalue weighted by atomic mass is 32.2. The lowest BCUT2D eigenvalue weighted by Gasteiger charge is -1.95. The van der Waals surface area contributed by atoms with Crippen molar-refractivity contribution >= 4 is 16.1 Å². The number of nitrogens with one attached hydrogen (secondary N) is 1. The molecule has 0 heterocycles. The molecule has 3 N–H and O–H groups in total. The van der Waals surface area contributed by atoms with Crippen LogP contribution in [-0.2, 0) is 14.9 Å². The van der Waals surface area contributed by atoms with Crippen LogP contribution in [0.4, 0.5) is 0 Å². The van der Waals surface area contributed by atoms with Crippen molar-refractivity contribution in [3.05, 3.63) is 0 Å². The molecule has 0 saturated carbocycles. The fourth-order valence-corrected chi connectivity index (χ4v) is 0.647. The Balaban J connectivity index is 3.49. The number of hydrogen-bond acceptors (Lipinski definition) is 4. The van der Waals surface area contributed by atoms with Crippen LogP contribution in [0.25, 0.3) is 0 Å². The maximum absolute atomic E-state index is 9.91. The van der Waals surface area contributed by atoms with Gasteiger partial charge in [-0.3, -0.25) is 14.7 Å². The van der Waals surface area contributed by atoms with Crippen molar-refractivity contribution in [2.24, 2.45) is 0 Å². The van der Waals surface area contributed by atoms with Crippen LogP contribution in [0.5, 0.6) is 0 Å². The second-order valence-electron chi connectivity index (χ2n) is 1.55. The molecule has 0 rings (SSSR count). The van der Waals surface area contributed by atoms with E-state index in [1.54, 1.807) is 0 Å². The summed E-state index contributed by atoms with van der Waals surface area (Å²) in [5.74, 6) is -1.91. The van der Waals surface area contributed by atoms with Gasteiger partial charge < -0.3 is 5.11 Å². The molecule has 0 aromatic rings. The van der Waals surface area contributed by atoms with E-state index in [2.05, 4.69) is 0 Å². The lowest BCUT2D eigenvalue weighted by molar-refractivity contribution is -0.135. The predicted octanol–water partition coefficient (Wildman–Crippen LogP) is -1.49. The number of carboxylic acids is 1. The fraction of sp³-hybridized carbons (Fsp3) is 0.667. The van der Waals surface area contributed by atoms with Crippen LogP contribution < -0.4 is 5.32 Å². The Morgan fingerprint density at radius 3 is 2.30 bits per heavy atom. The van der Waals surface area contributed by atoms with Gasteiger partial charge in [0.25, 0.3) is 10.1 Å².